The number of rotatable bonds is 5. The lowest BCUT2D eigenvalue weighted by atomic mass is 10.1. The van der Waals surface area contributed by atoms with E-state index in [1.54, 1.807) is 0 Å². The zero-order valence-electron chi connectivity index (χ0n) is 10.6. The molecular weight excluding hydrogens is 230 g/mol. The molecule has 18 heavy (non-hydrogen) atoms. The Kier molecular flexibility index (Phi) is 3.99. The fourth-order valence-corrected chi connectivity index (χ4v) is 1.74. The van der Waals surface area contributed by atoms with Crippen molar-refractivity contribution in [2.45, 2.75) is 33.0 Å². The second-order valence-corrected chi connectivity index (χ2v) is 4.19. The van der Waals surface area contributed by atoms with E-state index in [-0.39, 0.29) is 0 Å². The fourth-order valence-electron chi connectivity index (χ4n) is 1.74. The average molecular weight is 247 g/mol. The van der Waals surface area contributed by atoms with Gasteiger partial charge in [0.2, 0.25) is 0 Å². The van der Waals surface area contributed by atoms with Crippen molar-refractivity contribution in [1.29, 1.82) is 0 Å². The van der Waals surface area contributed by atoms with Gasteiger partial charge in [0.15, 0.2) is 5.76 Å². The average Bonchev–Trinajstić information content (AvgIpc) is 2.81. The number of aliphatic hydroxyl groups excluding tert-OH is 1. The molecule has 0 fully saturated rings. The molecule has 96 valence electrons. The van der Waals surface area contributed by atoms with E-state index >= 15 is 0 Å². The molecule has 0 aliphatic carbocycles. The monoisotopic (exact) mass is 247 g/mol. The van der Waals surface area contributed by atoms with E-state index in [2.05, 4.69) is 5.16 Å². The van der Waals surface area contributed by atoms with Crippen molar-refractivity contribution in [2.24, 2.45) is 0 Å². The van der Waals surface area contributed by atoms with Crippen LogP contribution in [0, 0.1) is 6.92 Å². The lowest BCUT2D eigenvalue weighted by Gasteiger charge is -2.13. The normalized spacial score (nSPS) is 12.4. The van der Waals surface area contributed by atoms with Crippen LogP contribution in [0.15, 0.2) is 34.9 Å². The van der Waals surface area contributed by atoms with Crippen LogP contribution < -0.4 is 4.74 Å². The maximum atomic E-state index is 9.90. The molecule has 2 rings (SSSR count). The van der Waals surface area contributed by atoms with Gasteiger partial charge in [0.25, 0.3) is 0 Å². The molecule has 0 spiro atoms. The highest BCUT2D eigenvalue weighted by Crippen LogP contribution is 2.27. The van der Waals surface area contributed by atoms with Crippen molar-refractivity contribution in [3.63, 3.8) is 0 Å². The number of hydrogen-bond acceptors (Lipinski definition) is 4. The van der Waals surface area contributed by atoms with Gasteiger partial charge >= 0.3 is 0 Å². The Hall–Kier alpha value is -1.81. The molecule has 4 nitrogen and oxygen atoms in total. The van der Waals surface area contributed by atoms with E-state index in [4.69, 9.17) is 9.26 Å². The summed E-state index contributed by atoms with van der Waals surface area (Å²) in [5.74, 6) is 1.36. The summed E-state index contributed by atoms with van der Waals surface area (Å²) in [5, 5.41) is 13.7. The zero-order valence-corrected chi connectivity index (χ0v) is 10.6. The number of benzene rings is 1. The molecule has 0 bridgehead atoms. The van der Waals surface area contributed by atoms with Crippen LogP contribution >= 0.6 is 0 Å². The standard InChI is InChI=1S/C14H17NO3/c1-3-13(16)12-6-4-5-7-14(12)17-9-11-8-10(2)15-18-11/h4-8,13,16H,3,9H2,1-2H3/t13-/m0/s1. The highest BCUT2D eigenvalue weighted by molar-refractivity contribution is 5.35. The van der Waals surface area contributed by atoms with Crippen molar-refractivity contribution in [3.05, 3.63) is 47.3 Å². The molecule has 1 heterocycles. The van der Waals surface area contributed by atoms with E-state index < -0.39 is 6.10 Å². The first-order valence-corrected chi connectivity index (χ1v) is 6.02. The van der Waals surface area contributed by atoms with Gasteiger partial charge in [0.05, 0.1) is 11.8 Å². The third-order valence-corrected chi connectivity index (χ3v) is 2.71. The van der Waals surface area contributed by atoms with Gasteiger partial charge in [-0.1, -0.05) is 30.3 Å². The van der Waals surface area contributed by atoms with Crippen molar-refractivity contribution < 1.29 is 14.4 Å². The summed E-state index contributed by atoms with van der Waals surface area (Å²) in [6.45, 7) is 4.11. The molecule has 0 unspecified atom stereocenters. The maximum Gasteiger partial charge on any atom is 0.174 e. The molecule has 4 heteroatoms. The molecule has 0 aliphatic rings. The number of aryl methyl sites for hydroxylation is 1. The first-order chi connectivity index (χ1) is 8.70. The Balaban J connectivity index is 2.09. The quantitative estimate of drug-likeness (QED) is 0.882. The SMILES string of the molecule is CC[C@H](O)c1ccccc1OCc1cc(C)no1. The van der Waals surface area contributed by atoms with Crippen LogP contribution in [0.3, 0.4) is 0 Å². The summed E-state index contributed by atoms with van der Waals surface area (Å²) < 4.78 is 10.7. The minimum atomic E-state index is -0.502. The molecule has 1 aromatic heterocycles. The van der Waals surface area contributed by atoms with Crippen LogP contribution in [0.2, 0.25) is 0 Å². The lowest BCUT2D eigenvalue weighted by Crippen LogP contribution is -2.01. The molecule has 0 amide bonds. The van der Waals surface area contributed by atoms with Crippen LogP contribution in [-0.2, 0) is 6.61 Å². The van der Waals surface area contributed by atoms with E-state index in [0.29, 0.717) is 24.5 Å². The van der Waals surface area contributed by atoms with Crippen LogP contribution in [0.4, 0.5) is 0 Å². The third kappa shape index (κ3) is 2.90. The van der Waals surface area contributed by atoms with Gasteiger partial charge in [-0.25, -0.2) is 0 Å². The number of para-hydroxylation sites is 1. The predicted molar refractivity (Wildman–Crippen MR) is 67.3 cm³/mol. The van der Waals surface area contributed by atoms with Crippen LogP contribution in [0.5, 0.6) is 5.75 Å². The van der Waals surface area contributed by atoms with Gasteiger partial charge in [-0.05, 0) is 19.4 Å². The fraction of sp³-hybridized carbons (Fsp3) is 0.357. The first kappa shape index (κ1) is 12.6. The van der Waals surface area contributed by atoms with E-state index in [9.17, 15) is 5.11 Å². The summed E-state index contributed by atoms with van der Waals surface area (Å²) >= 11 is 0. The van der Waals surface area contributed by atoms with Gasteiger partial charge in [-0.2, -0.15) is 0 Å². The van der Waals surface area contributed by atoms with Gasteiger partial charge < -0.3 is 14.4 Å². The molecule has 0 aliphatic heterocycles. The Bertz CT molecular complexity index is 507. The summed E-state index contributed by atoms with van der Waals surface area (Å²) in [4.78, 5) is 0. The first-order valence-electron chi connectivity index (χ1n) is 6.02. The Morgan fingerprint density at radius 2 is 2.17 bits per heavy atom. The number of nitrogens with zero attached hydrogens (tertiary/aromatic N) is 1. The predicted octanol–water partition coefficient (Wildman–Crippen LogP) is 3.01. The van der Waals surface area contributed by atoms with Gasteiger partial charge in [0.1, 0.15) is 12.4 Å². The van der Waals surface area contributed by atoms with Crippen molar-refractivity contribution in [2.75, 3.05) is 0 Å². The van der Waals surface area contributed by atoms with E-state index in [1.165, 1.54) is 0 Å². The molecule has 1 atom stereocenters. The zero-order chi connectivity index (χ0) is 13.0. The van der Waals surface area contributed by atoms with Crippen molar-refractivity contribution >= 4 is 0 Å². The molecule has 0 saturated carbocycles. The minimum absolute atomic E-state index is 0.314. The number of ether oxygens (including phenoxy) is 1. The molecule has 0 saturated heterocycles. The summed E-state index contributed by atoms with van der Waals surface area (Å²) in [6, 6.07) is 9.32. The van der Waals surface area contributed by atoms with Crippen molar-refractivity contribution in [1.82, 2.24) is 5.16 Å². The second kappa shape index (κ2) is 5.69. The molecule has 2 aromatic rings. The topological polar surface area (TPSA) is 55.5 Å². The second-order valence-electron chi connectivity index (χ2n) is 4.19. The largest absolute Gasteiger partial charge is 0.485 e. The maximum absolute atomic E-state index is 9.90. The smallest absolute Gasteiger partial charge is 0.174 e. The highest BCUT2D eigenvalue weighted by Gasteiger charge is 2.11. The van der Waals surface area contributed by atoms with Crippen molar-refractivity contribution in [3.8, 4) is 5.75 Å². The minimum Gasteiger partial charge on any atom is -0.485 e. The van der Waals surface area contributed by atoms with Gasteiger partial charge in [-0.15, -0.1) is 0 Å². The summed E-state index contributed by atoms with van der Waals surface area (Å²) in [6.07, 6.45) is 0.152. The van der Waals surface area contributed by atoms with Gasteiger partial charge in [-0.3, -0.25) is 0 Å². The Morgan fingerprint density at radius 1 is 1.39 bits per heavy atom. The van der Waals surface area contributed by atoms with Gasteiger partial charge in [0, 0.05) is 11.6 Å². The summed E-state index contributed by atoms with van der Waals surface area (Å²) in [5.41, 5.74) is 1.63. The van der Waals surface area contributed by atoms with Crippen LogP contribution in [0.1, 0.15) is 36.5 Å². The number of aromatic nitrogens is 1. The molecule has 1 aromatic carbocycles. The number of hydrogen-bond donors (Lipinski definition) is 1. The number of aliphatic hydroxyl groups is 1. The third-order valence-electron chi connectivity index (χ3n) is 2.71. The Labute approximate surface area is 106 Å². The summed E-state index contributed by atoms with van der Waals surface area (Å²) in [7, 11) is 0. The Morgan fingerprint density at radius 3 is 2.83 bits per heavy atom. The lowest BCUT2D eigenvalue weighted by molar-refractivity contribution is 0.164. The van der Waals surface area contributed by atoms with E-state index in [0.717, 1.165) is 11.3 Å². The molecule has 1 N–H and O–H groups in total. The highest BCUT2D eigenvalue weighted by atomic mass is 16.5. The van der Waals surface area contributed by atoms with Crippen LogP contribution in [0.25, 0.3) is 0 Å². The van der Waals surface area contributed by atoms with Crippen LogP contribution in [-0.4, -0.2) is 10.3 Å². The molecular formula is C14H17NO3. The van der Waals surface area contributed by atoms with E-state index in [1.807, 2.05) is 44.2 Å². The molecule has 0 radical (unpaired) electrons.